The van der Waals surface area contributed by atoms with Crippen molar-refractivity contribution >= 4 is 50.1 Å². The van der Waals surface area contributed by atoms with E-state index in [4.69, 9.17) is 11.6 Å². The molecule has 0 spiro atoms. The van der Waals surface area contributed by atoms with Gasteiger partial charge >= 0.3 is 0 Å². The number of rotatable bonds is 2. The highest BCUT2D eigenvalue weighted by Crippen LogP contribution is 2.32. The molecule has 0 N–H and O–H groups in total. The molecule has 1 heterocycles. The summed E-state index contributed by atoms with van der Waals surface area (Å²) in [5.74, 6) is 0. The highest BCUT2D eigenvalue weighted by Gasteiger charge is 2.18. The van der Waals surface area contributed by atoms with E-state index in [1.54, 1.807) is 22.6 Å². The van der Waals surface area contributed by atoms with Crippen LogP contribution in [0.15, 0.2) is 6.20 Å². The van der Waals surface area contributed by atoms with Crippen molar-refractivity contribution in [3.8, 4) is 0 Å². The lowest BCUT2D eigenvalue weighted by atomic mass is 10.2. The van der Waals surface area contributed by atoms with E-state index >= 15 is 0 Å². The molecule has 1 aromatic rings. The average molecular weight is 382 g/mol. The van der Waals surface area contributed by atoms with Crippen LogP contribution in [0.1, 0.15) is 17.6 Å². The lowest BCUT2D eigenvalue weighted by Crippen LogP contribution is -1.98. The molecule has 0 aromatic carbocycles. The Kier molecular flexibility index (Phi) is 4.31. The van der Waals surface area contributed by atoms with Crippen molar-refractivity contribution in [2.75, 3.05) is 0 Å². The van der Waals surface area contributed by atoms with Crippen LogP contribution in [0, 0.1) is 3.57 Å². The number of hydrogen-bond donors (Lipinski definition) is 0. The summed E-state index contributed by atoms with van der Waals surface area (Å²) in [6.45, 7) is 0. The van der Waals surface area contributed by atoms with Crippen molar-refractivity contribution in [1.82, 2.24) is 4.98 Å². The Morgan fingerprint density at radius 2 is 2.23 bits per heavy atom. The SMILES string of the molecule is FC(F)c1c(CBr)cnc(Cl)c1I. The Bertz CT molecular complexity index is 322. The molecular formula is C7H4BrClF2IN. The molecule has 72 valence electrons. The molecule has 6 heteroatoms. The van der Waals surface area contributed by atoms with Crippen LogP contribution in [0.3, 0.4) is 0 Å². The molecule has 0 aliphatic carbocycles. The van der Waals surface area contributed by atoms with Crippen molar-refractivity contribution in [3.05, 3.63) is 26.0 Å². The van der Waals surface area contributed by atoms with Crippen LogP contribution in [0.5, 0.6) is 0 Å². The van der Waals surface area contributed by atoms with Crippen LogP contribution in [-0.4, -0.2) is 4.98 Å². The minimum absolute atomic E-state index is 0.0301. The number of halogens is 5. The topological polar surface area (TPSA) is 12.9 Å². The molecule has 0 unspecified atom stereocenters. The highest BCUT2D eigenvalue weighted by molar-refractivity contribution is 14.1. The molecule has 0 fully saturated rings. The van der Waals surface area contributed by atoms with E-state index in [1.807, 2.05) is 0 Å². The summed E-state index contributed by atoms with van der Waals surface area (Å²) >= 11 is 10.5. The Labute approximate surface area is 101 Å². The summed E-state index contributed by atoms with van der Waals surface area (Å²) in [7, 11) is 0. The predicted molar refractivity (Wildman–Crippen MR) is 59.6 cm³/mol. The van der Waals surface area contributed by atoms with Gasteiger partial charge in [0.2, 0.25) is 0 Å². The van der Waals surface area contributed by atoms with Gasteiger partial charge in [-0.3, -0.25) is 0 Å². The van der Waals surface area contributed by atoms with Crippen LogP contribution >= 0.6 is 50.1 Å². The maximum Gasteiger partial charge on any atom is 0.265 e. The molecule has 0 aliphatic rings. The van der Waals surface area contributed by atoms with Crippen LogP contribution < -0.4 is 0 Å². The van der Waals surface area contributed by atoms with E-state index < -0.39 is 6.43 Å². The third-order valence-electron chi connectivity index (χ3n) is 1.46. The van der Waals surface area contributed by atoms with Gasteiger partial charge in [-0.15, -0.1) is 0 Å². The number of alkyl halides is 3. The summed E-state index contributed by atoms with van der Waals surface area (Å²) in [5.41, 5.74) is 0.446. The van der Waals surface area contributed by atoms with Gasteiger partial charge in [-0.2, -0.15) is 0 Å². The van der Waals surface area contributed by atoms with Gasteiger partial charge in [-0.1, -0.05) is 27.5 Å². The third-order valence-corrected chi connectivity index (χ3v) is 3.76. The Balaban J connectivity index is 3.32. The Hall–Kier alpha value is 0.510. The lowest BCUT2D eigenvalue weighted by Gasteiger charge is -2.08. The molecule has 0 saturated carbocycles. The normalized spacial score (nSPS) is 10.9. The fourth-order valence-corrected chi connectivity index (χ4v) is 2.17. The van der Waals surface area contributed by atoms with Crippen molar-refractivity contribution in [1.29, 1.82) is 0 Å². The average Bonchev–Trinajstić information content (AvgIpc) is 2.08. The first-order chi connectivity index (χ1) is 6.07. The van der Waals surface area contributed by atoms with E-state index in [1.165, 1.54) is 6.20 Å². The van der Waals surface area contributed by atoms with Crippen molar-refractivity contribution < 1.29 is 8.78 Å². The van der Waals surface area contributed by atoms with Crippen LogP contribution in [0.2, 0.25) is 5.15 Å². The van der Waals surface area contributed by atoms with Gasteiger partial charge in [0.1, 0.15) is 5.15 Å². The second kappa shape index (κ2) is 4.84. The summed E-state index contributed by atoms with van der Waals surface area (Å²) in [6.07, 6.45) is -1.15. The standard InChI is InChI=1S/C7H4BrClF2IN/c8-1-3-2-13-6(9)5(12)4(3)7(10)11/h2,7H,1H2. The lowest BCUT2D eigenvalue weighted by molar-refractivity contribution is 0.149. The Morgan fingerprint density at radius 3 is 2.69 bits per heavy atom. The van der Waals surface area contributed by atoms with E-state index in [9.17, 15) is 8.78 Å². The van der Waals surface area contributed by atoms with Gasteiger partial charge in [0.25, 0.3) is 6.43 Å². The summed E-state index contributed by atoms with van der Waals surface area (Å²) in [5, 5.41) is 0.480. The van der Waals surface area contributed by atoms with E-state index in [0.29, 0.717) is 14.5 Å². The first-order valence-corrected chi connectivity index (χ1v) is 5.82. The summed E-state index contributed by atoms with van der Waals surface area (Å²) in [4.78, 5) is 3.79. The zero-order chi connectivity index (χ0) is 10.0. The van der Waals surface area contributed by atoms with Crippen molar-refractivity contribution in [3.63, 3.8) is 0 Å². The molecule has 1 rings (SSSR count). The molecule has 0 aliphatic heterocycles. The number of nitrogens with zero attached hydrogens (tertiary/aromatic N) is 1. The zero-order valence-electron chi connectivity index (χ0n) is 6.20. The minimum atomic E-state index is -2.51. The molecule has 0 amide bonds. The van der Waals surface area contributed by atoms with Gasteiger partial charge in [0.15, 0.2) is 0 Å². The Morgan fingerprint density at radius 1 is 1.62 bits per heavy atom. The fourth-order valence-electron chi connectivity index (χ4n) is 0.855. The molecule has 0 atom stereocenters. The van der Waals surface area contributed by atoms with Gasteiger partial charge in [-0.05, 0) is 28.2 Å². The third kappa shape index (κ3) is 2.50. The van der Waals surface area contributed by atoms with E-state index in [-0.39, 0.29) is 10.7 Å². The van der Waals surface area contributed by atoms with Crippen LogP contribution in [-0.2, 0) is 5.33 Å². The molecule has 0 saturated heterocycles. The number of hydrogen-bond acceptors (Lipinski definition) is 1. The van der Waals surface area contributed by atoms with Gasteiger partial charge in [0, 0.05) is 17.1 Å². The van der Waals surface area contributed by atoms with E-state index in [0.717, 1.165) is 0 Å². The number of pyridine rings is 1. The van der Waals surface area contributed by atoms with Crippen molar-refractivity contribution in [2.24, 2.45) is 0 Å². The molecule has 1 aromatic heterocycles. The van der Waals surface area contributed by atoms with Crippen molar-refractivity contribution in [2.45, 2.75) is 11.8 Å². The minimum Gasteiger partial charge on any atom is -0.243 e. The van der Waals surface area contributed by atoms with Gasteiger partial charge in [0.05, 0.1) is 3.57 Å². The van der Waals surface area contributed by atoms with E-state index in [2.05, 4.69) is 20.9 Å². The second-order valence-corrected chi connectivity index (χ2v) is 4.23. The van der Waals surface area contributed by atoms with Crippen LogP contribution in [0.4, 0.5) is 8.78 Å². The maximum atomic E-state index is 12.5. The second-order valence-electron chi connectivity index (χ2n) is 2.24. The summed E-state index contributed by atoms with van der Waals surface area (Å²) < 4.78 is 25.4. The zero-order valence-corrected chi connectivity index (χ0v) is 10.7. The monoisotopic (exact) mass is 381 g/mol. The highest BCUT2D eigenvalue weighted by atomic mass is 127. The molecule has 0 bridgehead atoms. The number of aromatic nitrogens is 1. The smallest absolute Gasteiger partial charge is 0.243 e. The molecule has 13 heavy (non-hydrogen) atoms. The fraction of sp³-hybridized carbons (Fsp3) is 0.286. The maximum absolute atomic E-state index is 12.5. The molecular weight excluding hydrogens is 378 g/mol. The first kappa shape index (κ1) is 11.6. The molecule has 0 radical (unpaired) electrons. The predicted octanol–water partition coefficient (Wildman–Crippen LogP) is 4.17. The largest absolute Gasteiger partial charge is 0.265 e. The molecule has 1 nitrogen and oxygen atoms in total. The summed E-state index contributed by atoms with van der Waals surface area (Å²) in [6, 6.07) is 0. The quantitative estimate of drug-likeness (QED) is 0.425. The van der Waals surface area contributed by atoms with Gasteiger partial charge < -0.3 is 0 Å². The van der Waals surface area contributed by atoms with Gasteiger partial charge in [-0.25, -0.2) is 13.8 Å². The first-order valence-electron chi connectivity index (χ1n) is 3.24. The van der Waals surface area contributed by atoms with Crippen LogP contribution in [0.25, 0.3) is 0 Å².